The average Bonchev–Trinajstić information content (AvgIpc) is 3.23. The fraction of sp³-hybridized carbons (Fsp3) is 0.407. The monoisotopic (exact) mass is 476 g/mol. The van der Waals surface area contributed by atoms with Gasteiger partial charge in [0.05, 0.1) is 31.5 Å². The number of ether oxygens (including phenoxy) is 5. The largest absolute Gasteiger partial charge is 0.497 e. The molecule has 0 unspecified atom stereocenters. The molecule has 2 aromatic carbocycles. The minimum absolute atomic E-state index is 0.298. The second-order valence-corrected chi connectivity index (χ2v) is 9.41. The van der Waals surface area contributed by atoms with E-state index in [-0.39, 0.29) is 6.09 Å². The van der Waals surface area contributed by atoms with Crippen molar-refractivity contribution in [2.75, 3.05) is 38.4 Å². The van der Waals surface area contributed by atoms with Crippen LogP contribution in [0.4, 0.5) is 10.5 Å². The van der Waals surface area contributed by atoms with Crippen LogP contribution < -0.4 is 23.8 Å². The molecule has 8 heteroatoms. The first kappa shape index (κ1) is 21.8. The van der Waals surface area contributed by atoms with E-state index in [0.717, 1.165) is 53.8 Å². The van der Waals surface area contributed by atoms with Crippen molar-refractivity contribution < 1.29 is 28.5 Å². The number of hydrogen-bond donors (Lipinski definition) is 0. The van der Waals surface area contributed by atoms with E-state index in [1.54, 1.807) is 18.2 Å². The van der Waals surface area contributed by atoms with Crippen molar-refractivity contribution in [3.8, 4) is 23.0 Å². The summed E-state index contributed by atoms with van der Waals surface area (Å²) in [6.45, 7) is 2.22. The van der Waals surface area contributed by atoms with Crippen LogP contribution in [0.3, 0.4) is 0 Å². The van der Waals surface area contributed by atoms with Crippen molar-refractivity contribution >= 4 is 22.7 Å². The molecule has 8 nitrogen and oxygen atoms in total. The summed E-state index contributed by atoms with van der Waals surface area (Å²) in [4.78, 5) is 18.9. The van der Waals surface area contributed by atoms with Gasteiger partial charge in [-0.1, -0.05) is 0 Å². The number of methoxy groups -OCH3 is 1. The molecule has 1 aromatic heterocycles. The molecule has 1 aliphatic carbocycles. The maximum Gasteiger partial charge on any atom is 0.415 e. The predicted molar refractivity (Wildman–Crippen MR) is 130 cm³/mol. The SMILES string of the molecule is COc1ccc2nccc(OC[C@H]3CC[C@@]4(CC3)CN(c3ccc5c(c3)OCCO5)C(=O)O4)c2c1. The molecule has 1 saturated heterocycles. The maximum atomic E-state index is 12.8. The lowest BCUT2D eigenvalue weighted by atomic mass is 9.79. The molecule has 1 saturated carbocycles. The Bertz CT molecular complexity index is 1250. The lowest BCUT2D eigenvalue weighted by molar-refractivity contribution is 0.00730. The van der Waals surface area contributed by atoms with Crippen LogP contribution in [0.1, 0.15) is 25.7 Å². The van der Waals surface area contributed by atoms with Gasteiger partial charge in [-0.15, -0.1) is 0 Å². The van der Waals surface area contributed by atoms with Crippen LogP contribution in [0, 0.1) is 5.92 Å². The molecule has 35 heavy (non-hydrogen) atoms. The van der Waals surface area contributed by atoms with E-state index in [2.05, 4.69) is 4.98 Å². The Labute approximate surface area is 203 Å². The molecular formula is C27H28N2O6. The lowest BCUT2D eigenvalue weighted by Gasteiger charge is -2.35. The molecule has 3 aliphatic rings. The van der Waals surface area contributed by atoms with E-state index >= 15 is 0 Å². The smallest absolute Gasteiger partial charge is 0.415 e. The first-order chi connectivity index (χ1) is 17.1. The van der Waals surface area contributed by atoms with Gasteiger partial charge < -0.3 is 23.7 Å². The van der Waals surface area contributed by atoms with E-state index in [9.17, 15) is 4.79 Å². The second kappa shape index (κ2) is 8.83. The first-order valence-electron chi connectivity index (χ1n) is 12.1. The van der Waals surface area contributed by atoms with Gasteiger partial charge in [-0.05, 0) is 68.0 Å². The molecular weight excluding hydrogens is 448 g/mol. The van der Waals surface area contributed by atoms with Gasteiger partial charge in [-0.25, -0.2) is 4.79 Å². The molecule has 3 heterocycles. The van der Waals surface area contributed by atoms with Crippen LogP contribution in [0.5, 0.6) is 23.0 Å². The minimum Gasteiger partial charge on any atom is -0.497 e. The summed E-state index contributed by atoms with van der Waals surface area (Å²) in [6.07, 6.45) is 4.99. The number of carbonyl (C=O) groups is 1. The predicted octanol–water partition coefficient (Wildman–Crippen LogP) is 4.98. The Hall–Kier alpha value is -3.68. The Morgan fingerprint density at radius 1 is 1.06 bits per heavy atom. The Balaban J connectivity index is 1.09. The molecule has 6 rings (SSSR count). The number of aromatic nitrogens is 1. The summed E-state index contributed by atoms with van der Waals surface area (Å²) < 4.78 is 28.8. The number of hydrogen-bond acceptors (Lipinski definition) is 7. The number of rotatable bonds is 5. The van der Waals surface area contributed by atoms with Crippen LogP contribution in [0.2, 0.25) is 0 Å². The Morgan fingerprint density at radius 3 is 2.71 bits per heavy atom. The van der Waals surface area contributed by atoms with Crippen LogP contribution in [0.15, 0.2) is 48.7 Å². The van der Waals surface area contributed by atoms with E-state index in [0.29, 0.717) is 43.8 Å². The van der Waals surface area contributed by atoms with E-state index in [1.165, 1.54) is 0 Å². The molecule has 3 aromatic rings. The number of anilines is 1. The van der Waals surface area contributed by atoms with Crippen LogP contribution in [-0.4, -0.2) is 50.2 Å². The molecule has 0 N–H and O–H groups in total. The fourth-order valence-corrected chi connectivity index (χ4v) is 5.21. The summed E-state index contributed by atoms with van der Waals surface area (Å²) >= 11 is 0. The molecule has 1 amide bonds. The highest BCUT2D eigenvalue weighted by Crippen LogP contribution is 2.43. The number of amides is 1. The van der Waals surface area contributed by atoms with Crippen LogP contribution in [0.25, 0.3) is 10.9 Å². The quantitative estimate of drug-likeness (QED) is 0.514. The highest BCUT2D eigenvalue weighted by Gasteiger charge is 2.47. The average molecular weight is 477 g/mol. The standard InChI is InChI=1S/C27H28N2O6/c1-31-20-3-4-22-21(15-20)23(8-11-28-22)34-16-18-6-9-27(10-7-18)17-29(26(30)35-27)19-2-5-24-25(14-19)33-13-12-32-24/h2-5,8,11,14-15,18H,6-7,9-10,12-13,16-17H2,1H3/t18-,27+. The minimum atomic E-state index is -0.447. The maximum absolute atomic E-state index is 12.8. The number of benzene rings is 2. The Morgan fingerprint density at radius 2 is 1.89 bits per heavy atom. The van der Waals surface area contributed by atoms with Gasteiger partial charge in [0.1, 0.15) is 30.3 Å². The lowest BCUT2D eigenvalue weighted by Crippen LogP contribution is -2.39. The zero-order chi connectivity index (χ0) is 23.8. The van der Waals surface area contributed by atoms with E-state index in [4.69, 9.17) is 23.7 Å². The third-order valence-electron chi connectivity index (χ3n) is 7.21. The summed E-state index contributed by atoms with van der Waals surface area (Å²) in [5, 5.41) is 0.943. The number of carbonyl (C=O) groups excluding carboxylic acids is 1. The van der Waals surface area contributed by atoms with Crippen molar-refractivity contribution in [3.63, 3.8) is 0 Å². The molecule has 2 aliphatic heterocycles. The van der Waals surface area contributed by atoms with Crippen molar-refractivity contribution in [2.45, 2.75) is 31.3 Å². The third-order valence-corrected chi connectivity index (χ3v) is 7.21. The van der Waals surface area contributed by atoms with Crippen LogP contribution >= 0.6 is 0 Å². The number of fused-ring (bicyclic) bond motifs is 2. The zero-order valence-corrected chi connectivity index (χ0v) is 19.7. The molecule has 2 fully saturated rings. The molecule has 1 spiro atoms. The second-order valence-electron chi connectivity index (χ2n) is 9.41. The number of nitrogens with zero attached hydrogens (tertiary/aromatic N) is 2. The van der Waals surface area contributed by atoms with Gasteiger partial charge in [0.15, 0.2) is 11.5 Å². The van der Waals surface area contributed by atoms with Gasteiger partial charge in [0.25, 0.3) is 0 Å². The molecule has 0 bridgehead atoms. The summed E-state index contributed by atoms with van der Waals surface area (Å²) in [5.74, 6) is 3.37. The Kier molecular flexibility index (Phi) is 5.51. The fourth-order valence-electron chi connectivity index (χ4n) is 5.21. The van der Waals surface area contributed by atoms with Gasteiger partial charge in [0, 0.05) is 17.6 Å². The first-order valence-corrected chi connectivity index (χ1v) is 12.1. The zero-order valence-electron chi connectivity index (χ0n) is 19.7. The topological polar surface area (TPSA) is 79.4 Å². The van der Waals surface area contributed by atoms with Gasteiger partial charge >= 0.3 is 6.09 Å². The van der Waals surface area contributed by atoms with Crippen molar-refractivity contribution in [3.05, 3.63) is 48.7 Å². The molecule has 0 atom stereocenters. The van der Waals surface area contributed by atoms with E-state index < -0.39 is 5.60 Å². The van der Waals surface area contributed by atoms with Crippen molar-refractivity contribution in [1.29, 1.82) is 0 Å². The molecule has 182 valence electrons. The van der Waals surface area contributed by atoms with Gasteiger partial charge in [0.2, 0.25) is 0 Å². The normalized spacial score (nSPS) is 23.4. The van der Waals surface area contributed by atoms with Crippen molar-refractivity contribution in [1.82, 2.24) is 4.98 Å². The summed E-state index contributed by atoms with van der Waals surface area (Å²) in [5.41, 5.74) is 1.21. The highest BCUT2D eigenvalue weighted by atomic mass is 16.6. The summed E-state index contributed by atoms with van der Waals surface area (Å²) in [7, 11) is 1.65. The van der Waals surface area contributed by atoms with Crippen molar-refractivity contribution in [2.24, 2.45) is 5.92 Å². The van der Waals surface area contributed by atoms with Crippen LogP contribution in [-0.2, 0) is 4.74 Å². The third kappa shape index (κ3) is 4.17. The number of pyridine rings is 1. The van der Waals surface area contributed by atoms with Gasteiger partial charge in [-0.2, -0.15) is 0 Å². The highest BCUT2D eigenvalue weighted by molar-refractivity contribution is 5.91. The molecule has 0 radical (unpaired) electrons. The van der Waals surface area contributed by atoms with E-state index in [1.807, 2.05) is 42.5 Å². The van der Waals surface area contributed by atoms with Gasteiger partial charge in [-0.3, -0.25) is 9.88 Å². The summed E-state index contributed by atoms with van der Waals surface area (Å²) in [6, 6.07) is 13.3.